The highest BCUT2D eigenvalue weighted by Gasteiger charge is 2.23. The lowest BCUT2D eigenvalue weighted by molar-refractivity contribution is 0.0540. The van der Waals surface area contributed by atoms with Gasteiger partial charge in [0, 0.05) is 25.4 Å². The molecule has 2 N–H and O–H groups in total. The summed E-state index contributed by atoms with van der Waals surface area (Å²) in [6, 6.07) is 5.57. The summed E-state index contributed by atoms with van der Waals surface area (Å²) < 4.78 is 5.60. The molecule has 0 aliphatic carbocycles. The average Bonchev–Trinajstić information content (AvgIpc) is 2.88. The van der Waals surface area contributed by atoms with E-state index in [0.29, 0.717) is 24.3 Å². The molecule has 4 heteroatoms. The van der Waals surface area contributed by atoms with Gasteiger partial charge in [-0.25, -0.2) is 0 Å². The maximum absolute atomic E-state index is 12.5. The Morgan fingerprint density at radius 1 is 1.53 bits per heavy atom. The highest BCUT2D eigenvalue weighted by Crippen LogP contribution is 2.18. The maximum atomic E-state index is 12.5. The molecule has 104 valence electrons. The second-order valence-corrected chi connectivity index (χ2v) is 5.07. The van der Waals surface area contributed by atoms with Crippen LogP contribution in [-0.4, -0.2) is 36.6 Å². The molecule has 4 nitrogen and oxygen atoms in total. The third-order valence-electron chi connectivity index (χ3n) is 3.55. The number of nitrogens with two attached hydrogens (primary N) is 1. The van der Waals surface area contributed by atoms with Gasteiger partial charge in [-0.05, 0) is 44.4 Å². The molecule has 0 aromatic heterocycles. The quantitative estimate of drug-likeness (QED) is 0.846. The Kier molecular flexibility index (Phi) is 4.43. The molecule has 0 radical (unpaired) electrons. The van der Waals surface area contributed by atoms with Crippen molar-refractivity contribution < 1.29 is 9.53 Å². The molecule has 1 unspecified atom stereocenters. The van der Waals surface area contributed by atoms with Crippen LogP contribution >= 0.6 is 0 Å². The average molecular weight is 262 g/mol. The molecule has 1 aromatic rings. The Bertz CT molecular complexity index is 453. The van der Waals surface area contributed by atoms with Crippen molar-refractivity contribution >= 4 is 11.6 Å². The number of nitrogens with zero attached hydrogens (tertiary/aromatic N) is 1. The lowest BCUT2D eigenvalue weighted by Gasteiger charge is -2.24. The number of carbonyl (C=O) groups is 1. The molecule has 1 heterocycles. The molecule has 1 aliphatic heterocycles. The van der Waals surface area contributed by atoms with E-state index in [0.717, 1.165) is 25.0 Å². The van der Waals surface area contributed by atoms with Crippen molar-refractivity contribution in [2.45, 2.75) is 32.8 Å². The van der Waals surface area contributed by atoms with Crippen molar-refractivity contribution in [2.24, 2.45) is 0 Å². The Morgan fingerprint density at radius 3 is 2.89 bits per heavy atom. The Balaban J connectivity index is 2.10. The highest BCUT2D eigenvalue weighted by molar-refractivity contribution is 5.99. The fourth-order valence-electron chi connectivity index (χ4n) is 2.44. The van der Waals surface area contributed by atoms with E-state index in [2.05, 4.69) is 0 Å². The minimum absolute atomic E-state index is 0.00417. The molecule has 1 atom stereocenters. The third-order valence-corrected chi connectivity index (χ3v) is 3.55. The Labute approximate surface area is 114 Å². The number of carbonyl (C=O) groups excluding carboxylic acids is 1. The van der Waals surface area contributed by atoms with Crippen LogP contribution < -0.4 is 5.73 Å². The van der Waals surface area contributed by atoms with Gasteiger partial charge in [0.05, 0.1) is 11.7 Å². The van der Waals surface area contributed by atoms with E-state index in [1.54, 1.807) is 0 Å². The summed E-state index contributed by atoms with van der Waals surface area (Å²) in [5.41, 5.74) is 8.15. The minimum Gasteiger partial charge on any atom is -0.398 e. The number of hydrogen-bond donors (Lipinski definition) is 1. The monoisotopic (exact) mass is 262 g/mol. The van der Waals surface area contributed by atoms with Crippen molar-refractivity contribution in [1.29, 1.82) is 0 Å². The van der Waals surface area contributed by atoms with Crippen molar-refractivity contribution in [3.8, 4) is 0 Å². The molecular formula is C15H22N2O2. The maximum Gasteiger partial charge on any atom is 0.256 e. The number of rotatable bonds is 4. The molecule has 0 saturated carbocycles. The van der Waals surface area contributed by atoms with E-state index in [-0.39, 0.29) is 12.0 Å². The first kappa shape index (κ1) is 13.9. The van der Waals surface area contributed by atoms with Crippen LogP contribution in [0.1, 0.15) is 35.7 Å². The molecule has 0 bridgehead atoms. The number of aryl methyl sites for hydroxylation is 1. The van der Waals surface area contributed by atoms with Crippen LogP contribution in [-0.2, 0) is 4.74 Å². The smallest absolute Gasteiger partial charge is 0.256 e. The first-order valence-electron chi connectivity index (χ1n) is 6.88. The van der Waals surface area contributed by atoms with Crippen molar-refractivity contribution in [1.82, 2.24) is 4.90 Å². The number of ether oxygens (including phenoxy) is 1. The molecular weight excluding hydrogens is 240 g/mol. The van der Waals surface area contributed by atoms with Gasteiger partial charge < -0.3 is 15.4 Å². The third kappa shape index (κ3) is 3.26. The van der Waals surface area contributed by atoms with Gasteiger partial charge in [0.25, 0.3) is 5.91 Å². The van der Waals surface area contributed by atoms with Gasteiger partial charge in [-0.1, -0.05) is 6.07 Å². The second kappa shape index (κ2) is 6.06. The van der Waals surface area contributed by atoms with Gasteiger partial charge in [-0.3, -0.25) is 4.79 Å². The van der Waals surface area contributed by atoms with Crippen molar-refractivity contribution in [3.63, 3.8) is 0 Å². The summed E-state index contributed by atoms with van der Waals surface area (Å²) in [5, 5.41) is 0. The molecule has 2 rings (SSSR count). The SMILES string of the molecule is CCN(CC1CCCO1)C(=O)c1ccc(C)cc1N. The summed E-state index contributed by atoms with van der Waals surface area (Å²) in [7, 11) is 0. The number of nitrogen functional groups attached to an aromatic ring is 1. The molecule has 19 heavy (non-hydrogen) atoms. The van der Waals surface area contributed by atoms with Gasteiger partial charge in [0.1, 0.15) is 0 Å². The molecule has 1 amide bonds. The summed E-state index contributed by atoms with van der Waals surface area (Å²) in [5.74, 6) is -0.00417. The summed E-state index contributed by atoms with van der Waals surface area (Å²) in [6.45, 7) is 6.09. The van der Waals surface area contributed by atoms with Crippen LogP contribution in [0.3, 0.4) is 0 Å². The van der Waals surface area contributed by atoms with E-state index in [9.17, 15) is 4.79 Å². The van der Waals surface area contributed by atoms with Gasteiger partial charge in [0.2, 0.25) is 0 Å². The topological polar surface area (TPSA) is 55.6 Å². The second-order valence-electron chi connectivity index (χ2n) is 5.07. The zero-order valence-corrected chi connectivity index (χ0v) is 11.7. The first-order chi connectivity index (χ1) is 9.11. The zero-order chi connectivity index (χ0) is 13.8. The number of hydrogen-bond acceptors (Lipinski definition) is 3. The number of likely N-dealkylation sites (N-methyl/N-ethyl adjacent to an activating group) is 1. The van der Waals surface area contributed by atoms with Crippen molar-refractivity contribution in [3.05, 3.63) is 29.3 Å². The number of amides is 1. The molecule has 1 fully saturated rings. The lowest BCUT2D eigenvalue weighted by atomic mass is 10.1. The molecule has 1 aliphatic rings. The van der Waals surface area contributed by atoms with Crippen molar-refractivity contribution in [2.75, 3.05) is 25.4 Å². The Hall–Kier alpha value is -1.55. The van der Waals surface area contributed by atoms with E-state index in [1.165, 1.54) is 0 Å². The number of benzene rings is 1. The zero-order valence-electron chi connectivity index (χ0n) is 11.7. The summed E-state index contributed by atoms with van der Waals surface area (Å²) >= 11 is 0. The largest absolute Gasteiger partial charge is 0.398 e. The fourth-order valence-corrected chi connectivity index (χ4v) is 2.44. The van der Waals surface area contributed by atoms with Crippen LogP contribution in [0.2, 0.25) is 0 Å². The van der Waals surface area contributed by atoms with Crippen LogP contribution in [0.4, 0.5) is 5.69 Å². The first-order valence-corrected chi connectivity index (χ1v) is 6.88. The predicted molar refractivity (Wildman–Crippen MR) is 76.1 cm³/mol. The van der Waals surface area contributed by atoms with Crippen LogP contribution in [0.5, 0.6) is 0 Å². The van der Waals surface area contributed by atoms with E-state index in [1.807, 2.05) is 36.9 Å². The van der Waals surface area contributed by atoms with Crippen LogP contribution in [0.15, 0.2) is 18.2 Å². The standard InChI is InChI=1S/C15H22N2O2/c1-3-17(10-12-5-4-8-19-12)15(18)13-7-6-11(2)9-14(13)16/h6-7,9,12H,3-5,8,10,16H2,1-2H3. The predicted octanol–water partition coefficient (Wildman–Crippen LogP) is 2.22. The van der Waals surface area contributed by atoms with E-state index >= 15 is 0 Å². The molecule has 0 spiro atoms. The fraction of sp³-hybridized carbons (Fsp3) is 0.533. The van der Waals surface area contributed by atoms with Crippen LogP contribution in [0, 0.1) is 6.92 Å². The van der Waals surface area contributed by atoms with E-state index in [4.69, 9.17) is 10.5 Å². The summed E-state index contributed by atoms with van der Waals surface area (Å²) in [6.07, 6.45) is 2.30. The molecule has 1 saturated heterocycles. The van der Waals surface area contributed by atoms with Gasteiger partial charge in [0.15, 0.2) is 0 Å². The van der Waals surface area contributed by atoms with Crippen LogP contribution in [0.25, 0.3) is 0 Å². The van der Waals surface area contributed by atoms with E-state index < -0.39 is 0 Å². The normalized spacial score (nSPS) is 18.5. The summed E-state index contributed by atoms with van der Waals surface area (Å²) in [4.78, 5) is 14.3. The Morgan fingerprint density at radius 2 is 2.32 bits per heavy atom. The minimum atomic E-state index is -0.00417. The van der Waals surface area contributed by atoms with Gasteiger partial charge in [-0.2, -0.15) is 0 Å². The number of anilines is 1. The highest BCUT2D eigenvalue weighted by atomic mass is 16.5. The molecule has 1 aromatic carbocycles. The van der Waals surface area contributed by atoms with Gasteiger partial charge >= 0.3 is 0 Å². The van der Waals surface area contributed by atoms with Gasteiger partial charge in [-0.15, -0.1) is 0 Å². The lowest BCUT2D eigenvalue weighted by Crippen LogP contribution is -2.37.